The zero-order valence-corrected chi connectivity index (χ0v) is 12.6. The molecule has 0 radical (unpaired) electrons. The molecule has 1 fully saturated rings. The number of carbonyl (C=O) groups excluding carboxylic acids is 1. The van der Waals surface area contributed by atoms with E-state index < -0.39 is 0 Å². The summed E-state index contributed by atoms with van der Waals surface area (Å²) in [4.78, 5) is 14.1. The molecule has 0 spiro atoms. The number of carbonyl (C=O) groups is 1. The third kappa shape index (κ3) is 4.26. The molecular weight excluding hydrogens is 250 g/mol. The number of hydrogen-bond donors (Lipinski definition) is 0. The lowest BCUT2D eigenvalue weighted by Crippen LogP contribution is -2.35. The van der Waals surface area contributed by atoms with Crippen LogP contribution in [-0.2, 0) is 4.79 Å². The van der Waals surface area contributed by atoms with Gasteiger partial charge in [0.05, 0.1) is 0 Å². The molecule has 1 aliphatic heterocycles. The Morgan fingerprint density at radius 2 is 1.90 bits per heavy atom. The maximum Gasteiger partial charge on any atom is 0.260 e. The molecule has 0 aliphatic carbocycles. The van der Waals surface area contributed by atoms with E-state index in [1.165, 1.54) is 18.4 Å². The molecule has 0 atom stereocenters. The minimum Gasteiger partial charge on any atom is -0.484 e. The van der Waals surface area contributed by atoms with Crippen LogP contribution in [0.3, 0.4) is 0 Å². The smallest absolute Gasteiger partial charge is 0.260 e. The largest absolute Gasteiger partial charge is 0.484 e. The second-order valence-corrected chi connectivity index (χ2v) is 5.81. The van der Waals surface area contributed by atoms with Gasteiger partial charge in [0.2, 0.25) is 0 Å². The molecule has 0 bridgehead atoms. The fourth-order valence-electron chi connectivity index (χ4n) is 2.52. The predicted molar refractivity (Wildman–Crippen MR) is 81.1 cm³/mol. The molecule has 110 valence electrons. The summed E-state index contributed by atoms with van der Waals surface area (Å²) in [7, 11) is 0. The lowest BCUT2D eigenvalue weighted by atomic mass is 10.0. The van der Waals surface area contributed by atoms with Crippen molar-refractivity contribution in [2.45, 2.75) is 45.4 Å². The van der Waals surface area contributed by atoms with Crippen molar-refractivity contribution in [1.82, 2.24) is 4.90 Å². The van der Waals surface area contributed by atoms with Crippen molar-refractivity contribution in [3.8, 4) is 5.75 Å². The maximum absolute atomic E-state index is 12.1. The zero-order valence-electron chi connectivity index (χ0n) is 12.6. The van der Waals surface area contributed by atoms with E-state index in [2.05, 4.69) is 19.9 Å². The van der Waals surface area contributed by atoms with Gasteiger partial charge in [0.1, 0.15) is 5.75 Å². The molecule has 1 heterocycles. The van der Waals surface area contributed by atoms with Gasteiger partial charge in [0.15, 0.2) is 6.61 Å². The minimum absolute atomic E-state index is 0.113. The first-order valence-electron chi connectivity index (χ1n) is 7.67. The Morgan fingerprint density at radius 1 is 1.20 bits per heavy atom. The fourth-order valence-corrected chi connectivity index (χ4v) is 2.52. The summed E-state index contributed by atoms with van der Waals surface area (Å²) in [5.41, 5.74) is 1.24. The van der Waals surface area contributed by atoms with Crippen molar-refractivity contribution in [1.29, 1.82) is 0 Å². The Hall–Kier alpha value is -1.51. The lowest BCUT2D eigenvalue weighted by Gasteiger charge is -2.20. The minimum atomic E-state index is 0.113. The lowest BCUT2D eigenvalue weighted by molar-refractivity contribution is -0.133. The average Bonchev–Trinajstić information content (AvgIpc) is 2.74. The van der Waals surface area contributed by atoms with Crippen molar-refractivity contribution in [2.75, 3.05) is 19.7 Å². The van der Waals surface area contributed by atoms with E-state index >= 15 is 0 Å². The molecule has 1 aromatic rings. The van der Waals surface area contributed by atoms with Crippen LogP contribution >= 0.6 is 0 Å². The van der Waals surface area contributed by atoms with Gasteiger partial charge < -0.3 is 9.64 Å². The number of hydrogen-bond acceptors (Lipinski definition) is 2. The van der Waals surface area contributed by atoms with Gasteiger partial charge >= 0.3 is 0 Å². The van der Waals surface area contributed by atoms with Gasteiger partial charge in [-0.2, -0.15) is 0 Å². The molecule has 20 heavy (non-hydrogen) atoms. The number of ether oxygens (including phenoxy) is 1. The van der Waals surface area contributed by atoms with Crippen LogP contribution in [-0.4, -0.2) is 30.5 Å². The van der Waals surface area contributed by atoms with Crippen LogP contribution in [0.5, 0.6) is 5.75 Å². The summed E-state index contributed by atoms with van der Waals surface area (Å²) in [6.45, 7) is 6.23. The Morgan fingerprint density at radius 3 is 2.55 bits per heavy atom. The molecule has 2 rings (SSSR count). The van der Waals surface area contributed by atoms with Crippen LogP contribution in [0.4, 0.5) is 0 Å². The van der Waals surface area contributed by atoms with E-state index in [0.29, 0.717) is 5.92 Å². The predicted octanol–water partition coefficient (Wildman–Crippen LogP) is 3.59. The van der Waals surface area contributed by atoms with Gasteiger partial charge in [-0.25, -0.2) is 0 Å². The highest BCUT2D eigenvalue weighted by atomic mass is 16.5. The van der Waals surface area contributed by atoms with Crippen LogP contribution in [0, 0.1) is 0 Å². The molecule has 1 aliphatic rings. The van der Waals surface area contributed by atoms with Crippen LogP contribution in [0.15, 0.2) is 24.3 Å². The SMILES string of the molecule is CC(C)c1cccc(OCC(=O)N2CCCCCC2)c1. The molecule has 1 saturated heterocycles. The Bertz CT molecular complexity index is 434. The zero-order chi connectivity index (χ0) is 14.4. The first-order chi connectivity index (χ1) is 9.66. The monoisotopic (exact) mass is 275 g/mol. The van der Waals surface area contributed by atoms with Gasteiger partial charge in [-0.3, -0.25) is 4.79 Å². The number of nitrogens with zero attached hydrogens (tertiary/aromatic N) is 1. The van der Waals surface area contributed by atoms with Crippen LogP contribution in [0.25, 0.3) is 0 Å². The number of amides is 1. The van der Waals surface area contributed by atoms with E-state index in [0.717, 1.165) is 31.7 Å². The quantitative estimate of drug-likeness (QED) is 0.840. The van der Waals surface area contributed by atoms with Crippen molar-refractivity contribution >= 4 is 5.91 Å². The topological polar surface area (TPSA) is 29.5 Å². The van der Waals surface area contributed by atoms with E-state index in [4.69, 9.17) is 4.74 Å². The van der Waals surface area contributed by atoms with E-state index in [-0.39, 0.29) is 12.5 Å². The number of likely N-dealkylation sites (tertiary alicyclic amines) is 1. The van der Waals surface area contributed by atoms with E-state index in [9.17, 15) is 4.79 Å². The Kier molecular flexibility index (Phi) is 5.45. The molecule has 1 amide bonds. The molecule has 0 saturated carbocycles. The Labute approximate surface area is 121 Å². The normalized spacial score (nSPS) is 16.1. The van der Waals surface area contributed by atoms with Gasteiger partial charge in [0.25, 0.3) is 5.91 Å². The second kappa shape index (κ2) is 7.32. The summed E-state index contributed by atoms with van der Waals surface area (Å²) in [5, 5.41) is 0. The standard InChI is InChI=1S/C17H25NO2/c1-14(2)15-8-7-9-16(12-15)20-13-17(19)18-10-5-3-4-6-11-18/h7-9,12,14H,3-6,10-11,13H2,1-2H3. The van der Waals surface area contributed by atoms with E-state index in [1.54, 1.807) is 0 Å². The molecule has 0 unspecified atom stereocenters. The summed E-state index contributed by atoms with van der Waals surface area (Å²) in [5.74, 6) is 1.38. The van der Waals surface area contributed by atoms with Gasteiger partial charge in [-0.15, -0.1) is 0 Å². The van der Waals surface area contributed by atoms with Crippen molar-refractivity contribution in [2.24, 2.45) is 0 Å². The third-order valence-corrected chi connectivity index (χ3v) is 3.85. The molecule has 3 heteroatoms. The number of benzene rings is 1. The summed E-state index contributed by atoms with van der Waals surface area (Å²) >= 11 is 0. The van der Waals surface area contributed by atoms with E-state index in [1.807, 2.05) is 23.1 Å². The van der Waals surface area contributed by atoms with Crippen molar-refractivity contribution < 1.29 is 9.53 Å². The number of rotatable bonds is 4. The molecule has 0 aromatic heterocycles. The van der Waals surface area contributed by atoms with Crippen LogP contribution in [0.2, 0.25) is 0 Å². The summed E-state index contributed by atoms with van der Waals surface area (Å²) < 4.78 is 5.66. The highest BCUT2D eigenvalue weighted by Gasteiger charge is 2.15. The molecular formula is C17H25NO2. The van der Waals surface area contributed by atoms with Gasteiger partial charge in [-0.1, -0.05) is 38.8 Å². The highest BCUT2D eigenvalue weighted by Crippen LogP contribution is 2.20. The van der Waals surface area contributed by atoms with Crippen molar-refractivity contribution in [3.63, 3.8) is 0 Å². The highest BCUT2D eigenvalue weighted by molar-refractivity contribution is 5.77. The summed E-state index contributed by atoms with van der Waals surface area (Å²) in [6, 6.07) is 8.02. The Balaban J connectivity index is 1.87. The second-order valence-electron chi connectivity index (χ2n) is 5.81. The first-order valence-corrected chi connectivity index (χ1v) is 7.67. The van der Waals surface area contributed by atoms with Crippen molar-refractivity contribution in [3.05, 3.63) is 29.8 Å². The van der Waals surface area contributed by atoms with Crippen LogP contribution in [0.1, 0.15) is 51.0 Å². The van der Waals surface area contributed by atoms with Gasteiger partial charge in [-0.05, 0) is 36.5 Å². The van der Waals surface area contributed by atoms with Crippen LogP contribution < -0.4 is 4.74 Å². The summed E-state index contributed by atoms with van der Waals surface area (Å²) in [6.07, 6.45) is 4.71. The van der Waals surface area contributed by atoms with Gasteiger partial charge in [0, 0.05) is 13.1 Å². The molecule has 1 aromatic carbocycles. The maximum atomic E-state index is 12.1. The molecule has 3 nitrogen and oxygen atoms in total. The average molecular weight is 275 g/mol. The first kappa shape index (κ1) is 14.9. The molecule has 0 N–H and O–H groups in total. The fraction of sp³-hybridized carbons (Fsp3) is 0.588. The third-order valence-electron chi connectivity index (χ3n) is 3.85.